The van der Waals surface area contributed by atoms with E-state index in [1.165, 1.54) is 0 Å². The van der Waals surface area contributed by atoms with Crippen LogP contribution in [0.15, 0.2) is 36.4 Å². The molecular weight excluding hydrogens is 319 g/mol. The first-order chi connectivity index (χ1) is 10.6. The minimum Gasteiger partial charge on any atom is -0.373 e. The van der Waals surface area contributed by atoms with Crippen molar-refractivity contribution in [2.75, 3.05) is 13.1 Å². The number of fused-ring (bicyclic) bond motifs is 4. The second-order valence-electron chi connectivity index (χ2n) is 6.28. The fraction of sp³-hybridized carbons (Fsp3) is 0.294. The summed E-state index contributed by atoms with van der Waals surface area (Å²) in [7, 11) is 0. The van der Waals surface area contributed by atoms with Crippen LogP contribution in [0.25, 0.3) is 21.8 Å². The minimum absolute atomic E-state index is 0.0867. The Bertz CT molecular complexity index is 876. The van der Waals surface area contributed by atoms with Crippen LogP contribution in [-0.4, -0.2) is 33.4 Å². The van der Waals surface area contributed by atoms with Crippen LogP contribution in [0.5, 0.6) is 0 Å². The molecule has 3 aromatic rings. The number of rotatable bonds is 1. The summed E-state index contributed by atoms with van der Waals surface area (Å²) in [5.74, 6) is 0. The Kier molecular flexibility index (Phi) is 2.51. The molecule has 2 fully saturated rings. The van der Waals surface area contributed by atoms with Gasteiger partial charge >= 0.3 is 0 Å². The minimum atomic E-state index is -0.682. The van der Waals surface area contributed by atoms with Gasteiger partial charge in [0.25, 0.3) is 0 Å². The molecule has 2 aromatic carbocycles. The zero-order valence-electron chi connectivity index (χ0n) is 11.8. The van der Waals surface area contributed by atoms with Crippen LogP contribution >= 0.6 is 23.2 Å². The smallest absolute Gasteiger partial charge is 0.141 e. The standard InChI is InChI=1S/C17H14Cl2N2O/c18-10-1-3-14-12(7-10)13-8-11(19)2-4-15(13)21(14)16-9-20-6-5-17(16,20)22/h1-4,7-8,16,22H,5-6,9H2/t16-,17+/m0/s1. The molecule has 2 aliphatic rings. The lowest BCUT2D eigenvalue weighted by atomic mass is 9.80. The molecule has 2 atom stereocenters. The van der Waals surface area contributed by atoms with Crippen molar-refractivity contribution < 1.29 is 5.11 Å². The summed E-state index contributed by atoms with van der Waals surface area (Å²) in [6.45, 7) is 1.88. The molecule has 1 N–H and O–H groups in total. The van der Waals surface area contributed by atoms with Gasteiger partial charge in [-0.2, -0.15) is 0 Å². The highest BCUT2D eigenvalue weighted by atomic mass is 35.5. The van der Waals surface area contributed by atoms with E-state index in [4.69, 9.17) is 23.2 Å². The van der Waals surface area contributed by atoms with Crippen LogP contribution in [0.4, 0.5) is 0 Å². The number of hydrogen-bond donors (Lipinski definition) is 1. The third-order valence-electron chi connectivity index (χ3n) is 5.26. The van der Waals surface area contributed by atoms with Crippen LogP contribution in [-0.2, 0) is 0 Å². The molecule has 3 heterocycles. The zero-order valence-corrected chi connectivity index (χ0v) is 13.3. The third kappa shape index (κ3) is 1.50. The highest BCUT2D eigenvalue weighted by Crippen LogP contribution is 2.50. The first-order valence-electron chi connectivity index (χ1n) is 7.44. The molecule has 0 unspecified atom stereocenters. The topological polar surface area (TPSA) is 28.4 Å². The largest absolute Gasteiger partial charge is 0.373 e. The molecule has 0 aliphatic carbocycles. The van der Waals surface area contributed by atoms with Gasteiger partial charge in [0, 0.05) is 51.4 Å². The van der Waals surface area contributed by atoms with E-state index in [2.05, 4.69) is 9.47 Å². The first-order valence-corrected chi connectivity index (χ1v) is 8.20. The van der Waals surface area contributed by atoms with Crippen molar-refractivity contribution in [3.8, 4) is 0 Å². The molecule has 2 saturated heterocycles. The van der Waals surface area contributed by atoms with Crippen molar-refractivity contribution in [3.63, 3.8) is 0 Å². The van der Waals surface area contributed by atoms with E-state index in [9.17, 15) is 5.11 Å². The Balaban J connectivity index is 1.85. The molecular formula is C17H14Cl2N2O. The van der Waals surface area contributed by atoms with Crippen molar-refractivity contribution in [2.24, 2.45) is 0 Å². The molecule has 5 rings (SSSR count). The van der Waals surface area contributed by atoms with E-state index in [0.29, 0.717) is 10.0 Å². The molecule has 112 valence electrons. The molecule has 0 radical (unpaired) electrons. The van der Waals surface area contributed by atoms with E-state index in [-0.39, 0.29) is 6.04 Å². The predicted molar refractivity (Wildman–Crippen MR) is 89.6 cm³/mol. The molecule has 3 nitrogen and oxygen atoms in total. The van der Waals surface area contributed by atoms with Gasteiger partial charge in [-0.1, -0.05) is 23.2 Å². The molecule has 22 heavy (non-hydrogen) atoms. The Morgan fingerprint density at radius 2 is 1.59 bits per heavy atom. The predicted octanol–water partition coefficient (Wildman–Crippen LogP) is 4.05. The van der Waals surface area contributed by atoms with E-state index in [0.717, 1.165) is 41.3 Å². The number of aromatic nitrogens is 1. The highest BCUT2D eigenvalue weighted by Gasteiger charge is 2.59. The zero-order chi connectivity index (χ0) is 15.1. The number of nitrogens with zero attached hydrogens (tertiary/aromatic N) is 2. The fourth-order valence-corrected chi connectivity index (χ4v) is 4.33. The van der Waals surface area contributed by atoms with Gasteiger partial charge < -0.3 is 9.67 Å². The van der Waals surface area contributed by atoms with Crippen molar-refractivity contribution in [2.45, 2.75) is 18.2 Å². The Labute approximate surface area is 137 Å². The first kappa shape index (κ1) is 13.2. The second-order valence-corrected chi connectivity index (χ2v) is 7.16. The quantitative estimate of drug-likeness (QED) is 0.728. The number of halogens is 2. The monoisotopic (exact) mass is 332 g/mol. The number of piperidine rings is 1. The van der Waals surface area contributed by atoms with Crippen LogP contribution in [0, 0.1) is 0 Å². The maximum atomic E-state index is 10.8. The normalized spacial score (nSPS) is 27.7. The van der Waals surface area contributed by atoms with Crippen molar-refractivity contribution in [1.82, 2.24) is 9.47 Å². The van der Waals surface area contributed by atoms with Gasteiger partial charge in [0.1, 0.15) is 5.72 Å². The summed E-state index contributed by atoms with van der Waals surface area (Å²) in [4.78, 5) is 2.13. The van der Waals surface area contributed by atoms with Crippen molar-refractivity contribution in [3.05, 3.63) is 46.4 Å². The lowest BCUT2D eigenvalue weighted by Gasteiger charge is -2.63. The summed E-state index contributed by atoms with van der Waals surface area (Å²) in [5.41, 5.74) is 1.52. The molecule has 2 aliphatic heterocycles. The highest BCUT2D eigenvalue weighted by molar-refractivity contribution is 6.33. The van der Waals surface area contributed by atoms with E-state index in [1.807, 2.05) is 36.4 Å². The van der Waals surface area contributed by atoms with Crippen LogP contribution < -0.4 is 0 Å². The van der Waals surface area contributed by atoms with Crippen molar-refractivity contribution in [1.29, 1.82) is 0 Å². The van der Waals surface area contributed by atoms with Gasteiger partial charge in [-0.05, 0) is 36.4 Å². The van der Waals surface area contributed by atoms with E-state index < -0.39 is 5.72 Å². The third-order valence-corrected chi connectivity index (χ3v) is 5.73. The number of benzene rings is 2. The second kappa shape index (κ2) is 4.18. The SMILES string of the molecule is O[C@@]12CCN1C[C@@H]2n1c2ccc(Cl)cc2c2cc(Cl)ccc21. The average molecular weight is 333 g/mol. The lowest BCUT2D eigenvalue weighted by Crippen LogP contribution is -2.75. The van der Waals surface area contributed by atoms with Gasteiger partial charge in [0.15, 0.2) is 0 Å². The van der Waals surface area contributed by atoms with Gasteiger partial charge in [-0.25, -0.2) is 0 Å². The Hall–Kier alpha value is -1.26. The maximum Gasteiger partial charge on any atom is 0.141 e. The molecule has 1 aromatic heterocycles. The summed E-state index contributed by atoms with van der Waals surface area (Å²) >= 11 is 12.4. The van der Waals surface area contributed by atoms with Gasteiger partial charge in [0.05, 0.1) is 6.04 Å². The molecule has 0 bridgehead atoms. The summed E-state index contributed by atoms with van der Waals surface area (Å²) in [6, 6.07) is 11.9. The van der Waals surface area contributed by atoms with Crippen LogP contribution in [0.1, 0.15) is 12.5 Å². The summed E-state index contributed by atoms with van der Waals surface area (Å²) in [5, 5.41) is 14.4. The van der Waals surface area contributed by atoms with Gasteiger partial charge in [-0.15, -0.1) is 0 Å². The Morgan fingerprint density at radius 1 is 1.00 bits per heavy atom. The van der Waals surface area contributed by atoms with Crippen molar-refractivity contribution >= 4 is 45.0 Å². The summed E-state index contributed by atoms with van der Waals surface area (Å²) in [6.07, 6.45) is 0.833. The molecule has 5 heteroatoms. The van der Waals surface area contributed by atoms with Crippen LogP contribution in [0.2, 0.25) is 10.0 Å². The lowest BCUT2D eigenvalue weighted by molar-refractivity contribution is -0.282. The number of aliphatic hydroxyl groups is 1. The fourth-order valence-electron chi connectivity index (χ4n) is 3.99. The summed E-state index contributed by atoms with van der Waals surface area (Å²) < 4.78 is 2.26. The maximum absolute atomic E-state index is 10.8. The molecule has 0 spiro atoms. The number of hydrogen-bond acceptors (Lipinski definition) is 2. The van der Waals surface area contributed by atoms with Crippen LogP contribution in [0.3, 0.4) is 0 Å². The average Bonchev–Trinajstić information content (AvgIpc) is 2.80. The molecule has 0 amide bonds. The van der Waals surface area contributed by atoms with Gasteiger partial charge in [0.2, 0.25) is 0 Å². The van der Waals surface area contributed by atoms with E-state index in [1.54, 1.807) is 0 Å². The Morgan fingerprint density at radius 3 is 2.00 bits per heavy atom. The van der Waals surface area contributed by atoms with E-state index >= 15 is 0 Å². The van der Waals surface area contributed by atoms with Gasteiger partial charge in [-0.3, -0.25) is 4.90 Å². The molecule has 0 saturated carbocycles.